The number of benzene rings is 1. The van der Waals surface area contributed by atoms with Crippen LogP contribution in [0.15, 0.2) is 42.6 Å². The minimum atomic E-state index is -0.956. The van der Waals surface area contributed by atoms with Crippen molar-refractivity contribution in [3.8, 4) is 0 Å². The summed E-state index contributed by atoms with van der Waals surface area (Å²) in [5, 5.41) is 17.1. The van der Waals surface area contributed by atoms with Gasteiger partial charge in [-0.25, -0.2) is 9.78 Å². The van der Waals surface area contributed by atoms with E-state index in [1.165, 1.54) is 7.11 Å². The Morgan fingerprint density at radius 2 is 1.85 bits per heavy atom. The smallest absolute Gasteiger partial charge is 0.356 e. The van der Waals surface area contributed by atoms with Gasteiger partial charge in [0, 0.05) is 11.9 Å². The molecule has 0 radical (unpaired) electrons. The summed E-state index contributed by atoms with van der Waals surface area (Å²) in [6, 6.07) is 11.0. The van der Waals surface area contributed by atoms with E-state index in [1.807, 2.05) is 57.2 Å². The maximum Gasteiger partial charge on any atom is 0.356 e. The predicted molar refractivity (Wildman–Crippen MR) is 134 cm³/mol. The number of hydrogen-bond donors (Lipinski definition) is 3. The Morgan fingerprint density at radius 3 is 2.44 bits per heavy atom. The fourth-order valence-corrected chi connectivity index (χ4v) is 3.67. The van der Waals surface area contributed by atoms with Crippen LogP contribution in [-0.4, -0.2) is 45.3 Å². The molecule has 3 rings (SSSR count). The predicted octanol–water partition coefficient (Wildman–Crippen LogP) is 4.23. The van der Waals surface area contributed by atoms with Gasteiger partial charge in [0.2, 0.25) is 5.91 Å². The molecule has 34 heavy (non-hydrogen) atoms. The second kappa shape index (κ2) is 10.3. The second-order valence-corrected chi connectivity index (χ2v) is 9.55. The van der Waals surface area contributed by atoms with Crippen LogP contribution in [0.1, 0.15) is 50.7 Å². The van der Waals surface area contributed by atoms with Crippen molar-refractivity contribution in [2.24, 2.45) is 5.92 Å². The van der Waals surface area contributed by atoms with Gasteiger partial charge in [-0.05, 0) is 38.3 Å². The van der Waals surface area contributed by atoms with Crippen molar-refractivity contribution in [3.63, 3.8) is 0 Å². The molecule has 1 aromatic carbocycles. The molecule has 3 aromatic rings. The Balaban J connectivity index is 2.11. The molecule has 0 fully saturated rings. The van der Waals surface area contributed by atoms with Gasteiger partial charge in [0.15, 0.2) is 5.69 Å². The zero-order valence-electron chi connectivity index (χ0n) is 20.7. The van der Waals surface area contributed by atoms with E-state index in [0.717, 1.165) is 5.56 Å². The lowest BCUT2D eigenvalue weighted by Gasteiger charge is -2.27. The highest BCUT2D eigenvalue weighted by Crippen LogP contribution is 2.34. The average molecular weight is 467 g/mol. The Bertz CT molecular complexity index is 1160. The summed E-state index contributed by atoms with van der Waals surface area (Å²) in [7, 11) is 1.32. The zero-order valence-corrected chi connectivity index (χ0v) is 20.7. The summed E-state index contributed by atoms with van der Waals surface area (Å²) in [4.78, 5) is 30.5. The summed E-state index contributed by atoms with van der Waals surface area (Å²) >= 11 is 0. The Kier molecular flexibility index (Phi) is 7.61. The summed E-state index contributed by atoms with van der Waals surface area (Å²) in [5.41, 5.74) is 1.78. The lowest BCUT2D eigenvalue weighted by atomic mass is 10.0. The maximum atomic E-state index is 13.0. The fraction of sp³-hybridized carbons (Fsp3) is 0.423. The number of ether oxygens (including phenoxy) is 1. The zero-order chi connectivity index (χ0) is 25.0. The third-order valence-corrected chi connectivity index (χ3v) is 5.74. The maximum absolute atomic E-state index is 13.0. The van der Waals surface area contributed by atoms with Gasteiger partial charge in [0.25, 0.3) is 0 Å². The van der Waals surface area contributed by atoms with E-state index in [4.69, 9.17) is 4.74 Å². The minimum absolute atomic E-state index is 0.166. The number of methoxy groups -OCH3 is 1. The average Bonchev–Trinajstić information content (AvgIpc) is 3.05. The Hall–Kier alpha value is -3.39. The van der Waals surface area contributed by atoms with Crippen LogP contribution in [0.2, 0.25) is 0 Å². The van der Waals surface area contributed by atoms with E-state index in [-0.39, 0.29) is 30.0 Å². The van der Waals surface area contributed by atoms with Gasteiger partial charge in [0.1, 0.15) is 5.65 Å². The lowest BCUT2D eigenvalue weighted by molar-refractivity contribution is -0.115. The molecule has 0 saturated heterocycles. The van der Waals surface area contributed by atoms with E-state index >= 15 is 0 Å². The number of carbonyl (C=O) groups is 2. The SMILES string of the molecule is COC(=O)c1c(NC(=O)Cc2ccccc2)c2cc(N[C@@H](C)C(C)(C)O)cnc2n1CC(C)C. The molecule has 0 unspecified atom stereocenters. The molecule has 0 saturated carbocycles. The summed E-state index contributed by atoms with van der Waals surface area (Å²) in [6.45, 7) is 9.93. The van der Waals surface area contributed by atoms with E-state index in [2.05, 4.69) is 15.6 Å². The van der Waals surface area contributed by atoms with Gasteiger partial charge in [-0.2, -0.15) is 0 Å². The highest BCUT2D eigenvalue weighted by Gasteiger charge is 2.27. The normalized spacial score (nSPS) is 12.6. The van der Waals surface area contributed by atoms with E-state index < -0.39 is 11.6 Å². The Morgan fingerprint density at radius 1 is 1.18 bits per heavy atom. The van der Waals surface area contributed by atoms with Crippen molar-refractivity contribution in [1.29, 1.82) is 0 Å². The van der Waals surface area contributed by atoms with Crippen molar-refractivity contribution < 1.29 is 19.4 Å². The first kappa shape index (κ1) is 25.2. The molecular weight excluding hydrogens is 432 g/mol. The monoisotopic (exact) mass is 466 g/mol. The topological polar surface area (TPSA) is 105 Å². The quantitative estimate of drug-likeness (QED) is 0.408. The highest BCUT2D eigenvalue weighted by molar-refractivity contribution is 6.11. The van der Waals surface area contributed by atoms with Crippen molar-refractivity contribution in [2.75, 3.05) is 17.7 Å². The van der Waals surface area contributed by atoms with Crippen LogP contribution in [0.25, 0.3) is 11.0 Å². The van der Waals surface area contributed by atoms with Crippen LogP contribution in [0.4, 0.5) is 11.4 Å². The molecule has 1 atom stereocenters. The van der Waals surface area contributed by atoms with Crippen molar-refractivity contribution >= 4 is 34.3 Å². The number of nitrogens with one attached hydrogen (secondary N) is 2. The molecule has 0 aliphatic carbocycles. The van der Waals surface area contributed by atoms with Gasteiger partial charge >= 0.3 is 5.97 Å². The van der Waals surface area contributed by atoms with Crippen molar-refractivity contribution in [3.05, 3.63) is 53.9 Å². The van der Waals surface area contributed by atoms with Crippen LogP contribution in [0.5, 0.6) is 0 Å². The van der Waals surface area contributed by atoms with E-state index in [0.29, 0.717) is 29.0 Å². The van der Waals surface area contributed by atoms with Crippen molar-refractivity contribution in [2.45, 2.75) is 59.2 Å². The third-order valence-electron chi connectivity index (χ3n) is 5.74. The number of anilines is 2. The molecule has 0 aliphatic rings. The fourth-order valence-electron chi connectivity index (χ4n) is 3.67. The third kappa shape index (κ3) is 5.75. The van der Waals surface area contributed by atoms with Crippen LogP contribution in [0, 0.1) is 5.92 Å². The van der Waals surface area contributed by atoms with Gasteiger partial charge in [-0.3, -0.25) is 4.79 Å². The number of aliphatic hydroxyl groups is 1. The number of fused-ring (bicyclic) bond motifs is 1. The molecule has 2 aromatic heterocycles. The largest absolute Gasteiger partial charge is 0.464 e. The first-order valence-corrected chi connectivity index (χ1v) is 11.4. The molecule has 0 spiro atoms. The number of rotatable bonds is 9. The number of esters is 1. The molecule has 182 valence electrons. The van der Waals surface area contributed by atoms with Gasteiger partial charge in [-0.1, -0.05) is 44.2 Å². The number of carbonyl (C=O) groups excluding carboxylic acids is 2. The van der Waals surface area contributed by atoms with Crippen LogP contribution < -0.4 is 10.6 Å². The van der Waals surface area contributed by atoms with Crippen LogP contribution >= 0.6 is 0 Å². The summed E-state index contributed by atoms with van der Waals surface area (Å²) in [6.07, 6.45) is 1.83. The molecular formula is C26H34N4O4. The number of aromatic nitrogens is 2. The minimum Gasteiger partial charge on any atom is -0.464 e. The van der Waals surface area contributed by atoms with Gasteiger partial charge < -0.3 is 25.0 Å². The molecule has 8 heteroatoms. The lowest BCUT2D eigenvalue weighted by Crippen LogP contribution is -2.39. The Labute approximate surface area is 200 Å². The number of hydrogen-bond acceptors (Lipinski definition) is 6. The first-order chi connectivity index (χ1) is 16.0. The van der Waals surface area contributed by atoms with Gasteiger partial charge in [0.05, 0.1) is 42.7 Å². The van der Waals surface area contributed by atoms with E-state index in [9.17, 15) is 14.7 Å². The number of amides is 1. The van der Waals surface area contributed by atoms with Gasteiger partial charge in [-0.15, -0.1) is 0 Å². The first-order valence-electron chi connectivity index (χ1n) is 11.4. The molecule has 2 heterocycles. The van der Waals surface area contributed by atoms with Crippen LogP contribution in [-0.2, 0) is 22.5 Å². The van der Waals surface area contributed by atoms with E-state index in [1.54, 1.807) is 24.6 Å². The van der Waals surface area contributed by atoms with Crippen molar-refractivity contribution in [1.82, 2.24) is 9.55 Å². The molecule has 0 aliphatic heterocycles. The van der Waals surface area contributed by atoms with Crippen LogP contribution in [0.3, 0.4) is 0 Å². The molecule has 3 N–H and O–H groups in total. The summed E-state index contributed by atoms with van der Waals surface area (Å²) < 4.78 is 6.88. The molecule has 8 nitrogen and oxygen atoms in total. The number of pyridine rings is 1. The highest BCUT2D eigenvalue weighted by atomic mass is 16.5. The summed E-state index contributed by atoms with van der Waals surface area (Å²) in [5.74, 6) is -0.571. The second-order valence-electron chi connectivity index (χ2n) is 9.55. The molecule has 0 bridgehead atoms. The molecule has 1 amide bonds. The standard InChI is InChI=1S/C26H34N4O4/c1-16(2)15-30-23(25(32)34-6)22(29-21(31)12-18-10-8-7-9-11-18)20-13-19(14-27-24(20)30)28-17(3)26(4,5)33/h7-11,13-14,16-17,28,33H,12,15H2,1-6H3,(H,29,31)/t17-/m0/s1. The number of nitrogens with zero attached hydrogens (tertiary/aromatic N) is 2.